The molecule has 0 bridgehead atoms. The van der Waals surface area contributed by atoms with E-state index >= 15 is 0 Å². The van der Waals surface area contributed by atoms with Crippen molar-refractivity contribution in [3.63, 3.8) is 0 Å². The predicted octanol–water partition coefficient (Wildman–Crippen LogP) is 2.74. The van der Waals surface area contributed by atoms with Crippen molar-refractivity contribution in [3.8, 4) is 0 Å². The van der Waals surface area contributed by atoms with Gasteiger partial charge in [0.05, 0.1) is 5.92 Å². The van der Waals surface area contributed by atoms with Crippen LogP contribution in [0.4, 0.5) is 19.3 Å². The molecule has 0 aromatic heterocycles. The van der Waals surface area contributed by atoms with Gasteiger partial charge in [-0.3, -0.25) is 4.79 Å². The van der Waals surface area contributed by atoms with Gasteiger partial charge in [0, 0.05) is 12.2 Å². The molecule has 0 aliphatic carbocycles. The van der Waals surface area contributed by atoms with Gasteiger partial charge >= 0.3 is 6.03 Å². The van der Waals surface area contributed by atoms with E-state index in [4.69, 9.17) is 5.73 Å². The highest BCUT2D eigenvalue weighted by atomic mass is 19.1. The molecule has 4 N–H and O–H groups in total. The first kappa shape index (κ1) is 18.4. The van der Waals surface area contributed by atoms with Crippen LogP contribution in [0.15, 0.2) is 42.5 Å². The maximum absolute atomic E-state index is 13.2. The van der Waals surface area contributed by atoms with Gasteiger partial charge in [-0.2, -0.15) is 0 Å². The average Bonchev–Trinajstić information content (AvgIpc) is 2.56. The molecular formula is C18H19F2N3O2. The van der Waals surface area contributed by atoms with Crippen LogP contribution < -0.4 is 16.4 Å². The second-order valence-electron chi connectivity index (χ2n) is 5.72. The van der Waals surface area contributed by atoms with Crippen molar-refractivity contribution >= 4 is 17.6 Å². The van der Waals surface area contributed by atoms with Crippen LogP contribution in [0.2, 0.25) is 0 Å². The van der Waals surface area contributed by atoms with Crippen LogP contribution in [0, 0.1) is 24.5 Å². The predicted molar refractivity (Wildman–Crippen MR) is 90.9 cm³/mol. The van der Waals surface area contributed by atoms with Gasteiger partial charge in [-0.05, 0) is 48.7 Å². The Balaban J connectivity index is 1.93. The number of nitrogens with two attached hydrogens (primary N) is 1. The zero-order valence-corrected chi connectivity index (χ0v) is 13.7. The van der Waals surface area contributed by atoms with E-state index in [1.165, 1.54) is 24.3 Å². The summed E-state index contributed by atoms with van der Waals surface area (Å²) in [5.74, 6) is -2.06. The number of carbonyl (C=O) groups excluding carboxylic acids is 2. The van der Waals surface area contributed by atoms with Gasteiger partial charge < -0.3 is 16.4 Å². The molecule has 0 aliphatic rings. The third-order valence-corrected chi connectivity index (χ3v) is 3.75. The Morgan fingerprint density at radius 3 is 2.36 bits per heavy atom. The number of amides is 3. The van der Waals surface area contributed by atoms with Crippen molar-refractivity contribution in [1.82, 2.24) is 5.32 Å². The summed E-state index contributed by atoms with van der Waals surface area (Å²) in [6.45, 7) is 1.74. The Morgan fingerprint density at radius 1 is 1.08 bits per heavy atom. The number of benzene rings is 2. The summed E-state index contributed by atoms with van der Waals surface area (Å²) in [6, 6.07) is 9.18. The van der Waals surface area contributed by atoms with Crippen molar-refractivity contribution < 1.29 is 18.4 Å². The summed E-state index contributed by atoms with van der Waals surface area (Å²) >= 11 is 0. The highest BCUT2D eigenvalue weighted by molar-refractivity contribution is 5.90. The van der Waals surface area contributed by atoms with Gasteiger partial charge in [0.15, 0.2) is 0 Å². The van der Waals surface area contributed by atoms with Crippen molar-refractivity contribution in [2.45, 2.75) is 13.3 Å². The second-order valence-corrected chi connectivity index (χ2v) is 5.72. The first-order valence-electron chi connectivity index (χ1n) is 7.70. The Kier molecular flexibility index (Phi) is 6.05. The molecule has 0 spiro atoms. The fraction of sp³-hybridized carbons (Fsp3) is 0.222. The molecule has 0 unspecified atom stereocenters. The van der Waals surface area contributed by atoms with Gasteiger partial charge in [-0.1, -0.05) is 18.2 Å². The lowest BCUT2D eigenvalue weighted by atomic mass is 9.98. The van der Waals surface area contributed by atoms with Crippen LogP contribution >= 0.6 is 0 Å². The summed E-state index contributed by atoms with van der Waals surface area (Å²) in [5, 5.41) is 5.07. The van der Waals surface area contributed by atoms with Crippen LogP contribution in [0.1, 0.15) is 11.1 Å². The number of primary amides is 1. The van der Waals surface area contributed by atoms with E-state index in [1.807, 2.05) is 0 Å². The van der Waals surface area contributed by atoms with Crippen molar-refractivity contribution in [2.24, 2.45) is 11.7 Å². The molecule has 25 heavy (non-hydrogen) atoms. The zero-order valence-electron chi connectivity index (χ0n) is 13.7. The number of nitrogens with one attached hydrogen (secondary N) is 2. The molecule has 3 amide bonds. The van der Waals surface area contributed by atoms with E-state index in [2.05, 4.69) is 10.6 Å². The second kappa shape index (κ2) is 8.23. The molecule has 1 atom stereocenters. The minimum Gasteiger partial charge on any atom is -0.369 e. The van der Waals surface area contributed by atoms with Crippen molar-refractivity contribution in [1.29, 1.82) is 0 Å². The molecule has 2 rings (SSSR count). The Bertz CT molecular complexity index is 763. The highest BCUT2D eigenvalue weighted by Gasteiger charge is 2.17. The summed E-state index contributed by atoms with van der Waals surface area (Å²) in [6.07, 6.45) is 0.273. The normalized spacial score (nSPS) is 11.6. The number of carbonyl (C=O) groups is 2. The van der Waals surface area contributed by atoms with Crippen LogP contribution in [0.3, 0.4) is 0 Å². The quantitative estimate of drug-likeness (QED) is 0.751. The minimum atomic E-state index is -0.648. The number of anilines is 1. The molecule has 0 saturated carbocycles. The van der Waals surface area contributed by atoms with Crippen molar-refractivity contribution in [2.75, 3.05) is 11.9 Å². The lowest BCUT2D eigenvalue weighted by Crippen LogP contribution is -2.39. The third-order valence-electron chi connectivity index (χ3n) is 3.75. The monoisotopic (exact) mass is 347 g/mol. The van der Waals surface area contributed by atoms with Gasteiger partial charge in [0.1, 0.15) is 11.6 Å². The number of hydrogen-bond donors (Lipinski definition) is 3. The Hall–Kier alpha value is -2.96. The fourth-order valence-corrected chi connectivity index (χ4v) is 2.29. The van der Waals surface area contributed by atoms with E-state index in [-0.39, 0.29) is 18.8 Å². The molecule has 0 saturated heterocycles. The third kappa shape index (κ3) is 5.56. The molecule has 0 fully saturated rings. The SMILES string of the molecule is Cc1ccc(F)cc1NC(=O)NC[C@@H](Cc1ccc(F)cc1)C(N)=O. The molecule has 0 heterocycles. The molecular weight excluding hydrogens is 328 g/mol. The van der Waals surface area contributed by atoms with Crippen LogP contribution in [0.25, 0.3) is 0 Å². The number of aryl methyl sites for hydroxylation is 1. The lowest BCUT2D eigenvalue weighted by molar-refractivity contribution is -0.121. The first-order valence-corrected chi connectivity index (χ1v) is 7.70. The Labute approximate surface area is 144 Å². The molecule has 2 aromatic rings. The van der Waals surface area contributed by atoms with Crippen molar-refractivity contribution in [3.05, 3.63) is 65.2 Å². The number of urea groups is 1. The zero-order chi connectivity index (χ0) is 18.4. The van der Waals surface area contributed by atoms with E-state index in [0.717, 1.165) is 5.56 Å². The van der Waals surface area contributed by atoms with Crippen LogP contribution in [-0.4, -0.2) is 18.5 Å². The molecule has 132 valence electrons. The average molecular weight is 347 g/mol. The largest absolute Gasteiger partial charge is 0.369 e. The number of hydrogen-bond acceptors (Lipinski definition) is 2. The molecule has 0 aliphatic heterocycles. The van der Waals surface area contributed by atoms with E-state index < -0.39 is 23.7 Å². The number of rotatable bonds is 6. The summed E-state index contributed by atoms with van der Waals surface area (Å²) in [7, 11) is 0. The fourth-order valence-electron chi connectivity index (χ4n) is 2.29. The Morgan fingerprint density at radius 2 is 1.72 bits per heavy atom. The lowest BCUT2D eigenvalue weighted by Gasteiger charge is -2.15. The van der Waals surface area contributed by atoms with Gasteiger partial charge in [0.25, 0.3) is 0 Å². The first-order chi connectivity index (χ1) is 11.8. The number of halogens is 2. The molecule has 7 heteroatoms. The van der Waals surface area contributed by atoms with Gasteiger partial charge in [0.2, 0.25) is 5.91 Å². The summed E-state index contributed by atoms with van der Waals surface area (Å²) < 4.78 is 26.1. The smallest absolute Gasteiger partial charge is 0.319 e. The maximum Gasteiger partial charge on any atom is 0.319 e. The van der Waals surface area contributed by atoms with E-state index in [1.54, 1.807) is 25.1 Å². The van der Waals surface area contributed by atoms with Gasteiger partial charge in [-0.15, -0.1) is 0 Å². The van der Waals surface area contributed by atoms with Gasteiger partial charge in [-0.25, -0.2) is 13.6 Å². The maximum atomic E-state index is 13.2. The van der Waals surface area contributed by atoms with Crippen LogP contribution in [0.5, 0.6) is 0 Å². The minimum absolute atomic E-state index is 0.00685. The molecule has 2 aromatic carbocycles. The highest BCUT2D eigenvalue weighted by Crippen LogP contribution is 2.16. The van der Waals surface area contributed by atoms with Crippen LogP contribution in [-0.2, 0) is 11.2 Å². The molecule has 5 nitrogen and oxygen atoms in total. The van der Waals surface area contributed by atoms with E-state index in [0.29, 0.717) is 11.3 Å². The molecule has 0 radical (unpaired) electrons. The standard InChI is InChI=1S/C18H19F2N3O2/c1-11-2-5-15(20)9-16(11)23-18(25)22-10-13(17(21)24)8-12-3-6-14(19)7-4-12/h2-7,9,13H,8,10H2,1H3,(H2,21,24)(H2,22,23,25)/t13-/m1/s1. The van der Waals surface area contributed by atoms with E-state index in [9.17, 15) is 18.4 Å². The summed E-state index contributed by atoms with van der Waals surface area (Å²) in [4.78, 5) is 23.5. The summed E-state index contributed by atoms with van der Waals surface area (Å²) in [5.41, 5.74) is 7.14. The topological polar surface area (TPSA) is 84.2 Å².